The summed E-state index contributed by atoms with van der Waals surface area (Å²) in [5.74, 6) is -3.09. The number of amides is 1. The van der Waals surface area contributed by atoms with Crippen LogP contribution in [0.3, 0.4) is 0 Å². The van der Waals surface area contributed by atoms with Gasteiger partial charge in [-0.05, 0) is 72.3 Å². The quantitative estimate of drug-likeness (QED) is 0.152. The van der Waals surface area contributed by atoms with Crippen LogP contribution in [0.4, 0.5) is 31.5 Å². The molecule has 0 radical (unpaired) electrons. The first kappa shape index (κ1) is 24.7. The molecule has 7 heteroatoms. The smallest absolute Gasteiger partial charge is 0.288 e. The van der Waals surface area contributed by atoms with Gasteiger partial charge >= 0.3 is 0 Å². The molecule has 0 heterocycles. The molecule has 0 aromatic heterocycles. The number of hydrogen-bond acceptors (Lipinski definition) is 4. The fourth-order valence-corrected chi connectivity index (χ4v) is 4.05. The zero-order valence-electron chi connectivity index (χ0n) is 19.0. The number of nitrogens with zero attached hydrogens (tertiary/aromatic N) is 2. The summed E-state index contributed by atoms with van der Waals surface area (Å²) >= 11 is 0.426. The molecule has 0 fully saturated rings. The molecule has 4 aromatic carbocycles. The van der Waals surface area contributed by atoms with Crippen molar-refractivity contribution < 1.29 is 13.6 Å². The number of para-hydroxylation sites is 2. The Hall–Kier alpha value is -4.41. The topological polar surface area (TPSA) is 56.1 Å². The average Bonchev–Trinajstić information content (AvgIpc) is 2.90. The van der Waals surface area contributed by atoms with E-state index in [0.29, 0.717) is 27.9 Å². The fraction of sp³-hybridized carbons (Fsp3) is 0.0345. The first-order valence-electron chi connectivity index (χ1n) is 11.0. The van der Waals surface area contributed by atoms with Gasteiger partial charge in [0, 0.05) is 27.6 Å². The Balaban J connectivity index is 1.53. The first-order valence-corrected chi connectivity index (χ1v) is 11.9. The van der Waals surface area contributed by atoms with Crippen LogP contribution < -0.4 is 10.2 Å². The molecule has 0 atom stereocenters. The van der Waals surface area contributed by atoms with Crippen LogP contribution >= 0.6 is 11.8 Å². The number of nitrogens with one attached hydrogen (secondary N) is 1. The highest BCUT2D eigenvalue weighted by molar-refractivity contribution is 7.99. The van der Waals surface area contributed by atoms with Gasteiger partial charge in [-0.25, -0.2) is 0 Å². The lowest BCUT2D eigenvalue weighted by Crippen LogP contribution is -2.13. The van der Waals surface area contributed by atoms with E-state index in [1.807, 2.05) is 91.0 Å². The minimum atomic E-state index is -2.52. The number of benzene rings is 4. The molecule has 0 aliphatic heterocycles. The molecule has 1 N–H and O–H groups in total. The number of carbonyl (C=O) groups excluding carboxylic acids is 1. The SMILES string of the molecule is N#C/C(=C\c1ccc(N(c2ccccc2)c2ccccc2)cc1)C(=O)Nc1ccc(SC(F)F)cc1. The molecule has 1 amide bonds. The van der Waals surface area contributed by atoms with Crippen molar-refractivity contribution in [2.24, 2.45) is 0 Å². The van der Waals surface area contributed by atoms with Gasteiger partial charge in [0.2, 0.25) is 0 Å². The number of nitriles is 1. The van der Waals surface area contributed by atoms with E-state index in [2.05, 4.69) is 10.2 Å². The summed E-state index contributed by atoms with van der Waals surface area (Å²) in [4.78, 5) is 15.1. The molecule has 0 spiro atoms. The van der Waals surface area contributed by atoms with E-state index in [4.69, 9.17) is 0 Å². The van der Waals surface area contributed by atoms with Gasteiger partial charge in [0.15, 0.2) is 0 Å². The van der Waals surface area contributed by atoms with Crippen molar-refractivity contribution in [1.82, 2.24) is 0 Å². The summed E-state index contributed by atoms with van der Waals surface area (Å²) in [6.45, 7) is 0. The van der Waals surface area contributed by atoms with E-state index in [1.54, 1.807) is 0 Å². The van der Waals surface area contributed by atoms with Crippen molar-refractivity contribution >= 4 is 46.5 Å². The fourth-order valence-electron chi connectivity index (χ4n) is 3.55. The van der Waals surface area contributed by atoms with Crippen molar-refractivity contribution in [2.45, 2.75) is 10.7 Å². The van der Waals surface area contributed by atoms with Crippen LogP contribution in [0.1, 0.15) is 5.56 Å². The van der Waals surface area contributed by atoms with E-state index in [0.717, 1.165) is 17.1 Å². The van der Waals surface area contributed by atoms with Crippen molar-refractivity contribution in [3.05, 3.63) is 120 Å². The van der Waals surface area contributed by atoms with Gasteiger partial charge in [0.1, 0.15) is 11.6 Å². The van der Waals surface area contributed by atoms with E-state index >= 15 is 0 Å². The molecule has 4 aromatic rings. The predicted molar refractivity (Wildman–Crippen MR) is 142 cm³/mol. The summed E-state index contributed by atoms with van der Waals surface area (Å²) in [6.07, 6.45) is 1.51. The maximum atomic E-state index is 12.6. The Morgan fingerprint density at radius 3 is 1.83 bits per heavy atom. The number of halogens is 2. The van der Waals surface area contributed by atoms with Gasteiger partial charge in [0.25, 0.3) is 11.7 Å². The third kappa shape index (κ3) is 6.38. The molecule has 0 aliphatic rings. The summed E-state index contributed by atoms with van der Waals surface area (Å²) in [5.41, 5.74) is 3.96. The second-order valence-corrected chi connectivity index (χ2v) is 8.69. The van der Waals surface area contributed by atoms with Crippen LogP contribution in [0, 0.1) is 11.3 Å². The molecule has 0 saturated heterocycles. The number of hydrogen-bond donors (Lipinski definition) is 1. The molecule has 0 aliphatic carbocycles. The standard InChI is InChI=1S/C29H21F2N3OS/c30-29(31)36-27-17-13-23(14-18-27)33-28(35)22(20-32)19-21-11-15-26(16-12-21)34(24-7-3-1-4-8-24)25-9-5-2-6-10-25/h1-19,29H,(H,33,35)/b22-19+. The van der Waals surface area contributed by atoms with Crippen LogP contribution in [0.2, 0.25) is 0 Å². The maximum Gasteiger partial charge on any atom is 0.288 e. The zero-order chi connectivity index (χ0) is 25.3. The van der Waals surface area contributed by atoms with E-state index in [-0.39, 0.29) is 5.57 Å². The highest BCUT2D eigenvalue weighted by Gasteiger charge is 2.13. The molecule has 4 rings (SSSR count). The molecular weight excluding hydrogens is 476 g/mol. The highest BCUT2D eigenvalue weighted by atomic mass is 32.2. The monoisotopic (exact) mass is 497 g/mol. The predicted octanol–water partition coefficient (Wildman–Crippen LogP) is 8.02. The van der Waals surface area contributed by atoms with Crippen molar-refractivity contribution in [2.75, 3.05) is 10.2 Å². The molecule has 0 bridgehead atoms. The van der Waals surface area contributed by atoms with Gasteiger partial charge in [-0.1, -0.05) is 60.3 Å². The van der Waals surface area contributed by atoms with E-state index in [9.17, 15) is 18.8 Å². The minimum Gasteiger partial charge on any atom is -0.321 e. The number of anilines is 4. The van der Waals surface area contributed by atoms with Gasteiger partial charge in [-0.2, -0.15) is 14.0 Å². The van der Waals surface area contributed by atoms with E-state index in [1.165, 1.54) is 30.3 Å². The lowest BCUT2D eigenvalue weighted by molar-refractivity contribution is -0.112. The van der Waals surface area contributed by atoms with Gasteiger partial charge in [-0.15, -0.1) is 0 Å². The zero-order valence-corrected chi connectivity index (χ0v) is 19.8. The Bertz CT molecular complexity index is 1330. The van der Waals surface area contributed by atoms with E-state index < -0.39 is 11.7 Å². The Morgan fingerprint density at radius 2 is 1.33 bits per heavy atom. The molecule has 36 heavy (non-hydrogen) atoms. The molecule has 4 nitrogen and oxygen atoms in total. The average molecular weight is 498 g/mol. The van der Waals surface area contributed by atoms with Gasteiger partial charge < -0.3 is 10.2 Å². The first-order chi connectivity index (χ1) is 17.5. The molecule has 0 unspecified atom stereocenters. The molecule has 0 saturated carbocycles. The van der Waals surface area contributed by atoms with Crippen LogP contribution in [0.5, 0.6) is 0 Å². The third-order valence-electron chi connectivity index (χ3n) is 5.19. The third-order valence-corrected chi connectivity index (χ3v) is 5.92. The molecular formula is C29H21F2N3OS. The molecule has 178 valence electrons. The van der Waals surface area contributed by atoms with Crippen molar-refractivity contribution in [1.29, 1.82) is 5.26 Å². The van der Waals surface area contributed by atoms with Crippen molar-refractivity contribution in [3.8, 4) is 6.07 Å². The van der Waals surface area contributed by atoms with Crippen LogP contribution in [0.25, 0.3) is 6.08 Å². The van der Waals surface area contributed by atoms with Crippen LogP contribution in [-0.4, -0.2) is 11.7 Å². The maximum absolute atomic E-state index is 12.6. The number of alkyl halides is 2. The number of rotatable bonds is 8. The lowest BCUT2D eigenvalue weighted by Gasteiger charge is -2.25. The second kappa shape index (κ2) is 11.8. The largest absolute Gasteiger partial charge is 0.321 e. The Labute approximate surface area is 212 Å². The number of thioether (sulfide) groups is 1. The highest BCUT2D eigenvalue weighted by Crippen LogP contribution is 2.34. The lowest BCUT2D eigenvalue weighted by atomic mass is 10.1. The number of carbonyl (C=O) groups is 1. The summed E-state index contributed by atoms with van der Waals surface area (Å²) in [6, 6.07) is 35.4. The van der Waals surface area contributed by atoms with Crippen LogP contribution in [-0.2, 0) is 4.79 Å². The van der Waals surface area contributed by atoms with Gasteiger partial charge in [-0.3, -0.25) is 4.79 Å². The van der Waals surface area contributed by atoms with Gasteiger partial charge in [0.05, 0.1) is 0 Å². The Morgan fingerprint density at radius 1 is 0.806 bits per heavy atom. The van der Waals surface area contributed by atoms with Crippen LogP contribution in [0.15, 0.2) is 120 Å². The Kier molecular flexibility index (Phi) is 8.12. The van der Waals surface area contributed by atoms with Crippen molar-refractivity contribution in [3.63, 3.8) is 0 Å². The minimum absolute atomic E-state index is 0.0724. The summed E-state index contributed by atoms with van der Waals surface area (Å²) in [7, 11) is 0. The second-order valence-electron chi connectivity index (χ2n) is 7.62. The summed E-state index contributed by atoms with van der Waals surface area (Å²) < 4.78 is 25.0. The normalized spacial score (nSPS) is 11.1. The summed E-state index contributed by atoms with van der Waals surface area (Å²) in [5, 5.41) is 12.2.